The van der Waals surface area contributed by atoms with Crippen LogP contribution in [-0.2, 0) is 4.79 Å². The molecule has 0 aliphatic carbocycles. The Hall–Kier alpha value is -2.11. The zero-order valence-corrected chi connectivity index (χ0v) is 7.80. The van der Waals surface area contributed by atoms with E-state index in [0.29, 0.717) is 17.8 Å². The van der Waals surface area contributed by atoms with E-state index >= 15 is 0 Å². The average Bonchev–Trinajstić information content (AvgIpc) is 2.65. The summed E-state index contributed by atoms with van der Waals surface area (Å²) in [5.41, 5.74) is 1.79. The van der Waals surface area contributed by atoms with E-state index in [1.165, 1.54) is 6.39 Å². The van der Waals surface area contributed by atoms with Gasteiger partial charge in [0.05, 0.1) is 12.1 Å². The Labute approximate surface area is 84.9 Å². The number of fused-ring (bicyclic) bond motifs is 1. The highest BCUT2D eigenvalue weighted by Gasteiger charge is 2.05. The summed E-state index contributed by atoms with van der Waals surface area (Å²) in [6.07, 6.45) is 2.94. The van der Waals surface area contributed by atoms with E-state index in [4.69, 9.17) is 9.52 Å². The standard InChI is InChI=1S/C9H9N3O3/c13-7(14)2-4-10-6-1-3-11-9-8(6)12-5-15-9/h1,3,5H,2,4H2,(H,10,11)(H,13,14). The molecule has 0 saturated heterocycles. The number of aromatic nitrogens is 2. The van der Waals surface area contributed by atoms with E-state index in [1.54, 1.807) is 12.3 Å². The van der Waals surface area contributed by atoms with Crippen molar-refractivity contribution in [2.24, 2.45) is 0 Å². The molecular formula is C9H9N3O3. The molecule has 2 rings (SSSR count). The van der Waals surface area contributed by atoms with Crippen LogP contribution in [0.2, 0.25) is 0 Å². The molecule has 0 unspecified atom stereocenters. The summed E-state index contributed by atoms with van der Waals surface area (Å²) in [5.74, 6) is -0.840. The molecule has 78 valence electrons. The van der Waals surface area contributed by atoms with Crippen molar-refractivity contribution in [2.75, 3.05) is 11.9 Å². The highest BCUT2D eigenvalue weighted by atomic mass is 16.4. The van der Waals surface area contributed by atoms with Crippen LogP contribution in [0.4, 0.5) is 5.69 Å². The second kappa shape index (κ2) is 3.95. The molecule has 0 bridgehead atoms. The van der Waals surface area contributed by atoms with E-state index in [0.717, 1.165) is 5.69 Å². The Balaban J connectivity index is 2.13. The number of hydrogen-bond donors (Lipinski definition) is 2. The van der Waals surface area contributed by atoms with Gasteiger partial charge < -0.3 is 14.8 Å². The van der Waals surface area contributed by atoms with Gasteiger partial charge in [-0.15, -0.1) is 0 Å². The van der Waals surface area contributed by atoms with Crippen molar-refractivity contribution >= 4 is 22.9 Å². The molecule has 15 heavy (non-hydrogen) atoms. The molecule has 0 spiro atoms. The lowest BCUT2D eigenvalue weighted by molar-refractivity contribution is -0.136. The fraction of sp³-hybridized carbons (Fsp3) is 0.222. The van der Waals surface area contributed by atoms with Crippen molar-refractivity contribution in [3.63, 3.8) is 0 Å². The number of aliphatic carboxylic acids is 1. The quantitative estimate of drug-likeness (QED) is 0.780. The number of hydrogen-bond acceptors (Lipinski definition) is 5. The van der Waals surface area contributed by atoms with Crippen LogP contribution in [0.5, 0.6) is 0 Å². The van der Waals surface area contributed by atoms with Crippen LogP contribution in [0, 0.1) is 0 Å². The number of nitrogens with one attached hydrogen (secondary N) is 1. The first-order valence-corrected chi connectivity index (χ1v) is 4.41. The number of carboxylic acid groups (broad SMARTS) is 1. The maximum atomic E-state index is 10.3. The molecule has 2 heterocycles. The van der Waals surface area contributed by atoms with Gasteiger partial charge in [0.2, 0.25) is 5.71 Å². The van der Waals surface area contributed by atoms with Crippen molar-refractivity contribution in [3.05, 3.63) is 18.7 Å². The van der Waals surface area contributed by atoms with Gasteiger partial charge in [-0.1, -0.05) is 0 Å². The lowest BCUT2D eigenvalue weighted by Gasteiger charge is -2.03. The number of pyridine rings is 1. The predicted molar refractivity (Wildman–Crippen MR) is 52.5 cm³/mol. The van der Waals surface area contributed by atoms with Gasteiger partial charge in [-0.3, -0.25) is 4.79 Å². The van der Waals surface area contributed by atoms with E-state index < -0.39 is 5.97 Å². The molecular weight excluding hydrogens is 198 g/mol. The summed E-state index contributed by atoms with van der Waals surface area (Å²) >= 11 is 0. The topological polar surface area (TPSA) is 88.2 Å². The van der Waals surface area contributed by atoms with Gasteiger partial charge in [0.25, 0.3) is 0 Å². The minimum Gasteiger partial charge on any atom is -0.481 e. The van der Waals surface area contributed by atoms with E-state index in [-0.39, 0.29) is 6.42 Å². The molecule has 0 aliphatic heterocycles. The summed E-state index contributed by atoms with van der Waals surface area (Å²) in [6.45, 7) is 0.349. The number of oxazole rings is 1. The van der Waals surface area contributed by atoms with Gasteiger partial charge in [0.15, 0.2) is 11.9 Å². The Morgan fingerprint density at radius 1 is 1.53 bits per heavy atom. The summed E-state index contributed by atoms with van der Waals surface area (Å²) in [7, 11) is 0. The second-order valence-electron chi connectivity index (χ2n) is 2.94. The Bertz CT molecular complexity index is 480. The highest BCUT2D eigenvalue weighted by molar-refractivity contribution is 5.83. The molecule has 2 N–H and O–H groups in total. The van der Waals surface area contributed by atoms with Gasteiger partial charge in [-0.2, -0.15) is 0 Å². The van der Waals surface area contributed by atoms with Crippen LogP contribution in [0.1, 0.15) is 6.42 Å². The normalized spacial score (nSPS) is 10.4. The third kappa shape index (κ3) is 2.04. The summed E-state index contributed by atoms with van der Waals surface area (Å²) in [4.78, 5) is 18.3. The first-order chi connectivity index (χ1) is 7.27. The first kappa shape index (κ1) is 9.45. The van der Waals surface area contributed by atoms with Crippen molar-refractivity contribution < 1.29 is 14.3 Å². The molecule has 6 nitrogen and oxygen atoms in total. The van der Waals surface area contributed by atoms with Gasteiger partial charge in [-0.05, 0) is 6.07 Å². The van der Waals surface area contributed by atoms with E-state index in [2.05, 4.69) is 15.3 Å². The lowest BCUT2D eigenvalue weighted by atomic mass is 10.3. The van der Waals surface area contributed by atoms with Gasteiger partial charge in [0.1, 0.15) is 0 Å². The number of carbonyl (C=O) groups is 1. The monoisotopic (exact) mass is 207 g/mol. The average molecular weight is 207 g/mol. The molecule has 0 radical (unpaired) electrons. The molecule has 2 aromatic rings. The molecule has 0 atom stereocenters. The zero-order chi connectivity index (χ0) is 10.7. The van der Waals surface area contributed by atoms with E-state index in [9.17, 15) is 4.79 Å². The van der Waals surface area contributed by atoms with Crippen LogP contribution >= 0.6 is 0 Å². The minimum absolute atomic E-state index is 0.0572. The maximum Gasteiger partial charge on any atom is 0.305 e. The molecule has 0 aromatic carbocycles. The van der Waals surface area contributed by atoms with E-state index in [1.807, 2.05) is 0 Å². The van der Waals surface area contributed by atoms with Gasteiger partial charge in [0, 0.05) is 12.7 Å². The molecule has 0 saturated carbocycles. The predicted octanol–water partition coefficient (Wildman–Crippen LogP) is 1.11. The molecule has 0 fully saturated rings. The molecule has 6 heteroatoms. The lowest BCUT2D eigenvalue weighted by Crippen LogP contribution is -2.07. The second-order valence-corrected chi connectivity index (χ2v) is 2.94. The Kier molecular flexibility index (Phi) is 2.49. The first-order valence-electron chi connectivity index (χ1n) is 4.41. The largest absolute Gasteiger partial charge is 0.481 e. The van der Waals surface area contributed by atoms with Crippen LogP contribution < -0.4 is 5.32 Å². The van der Waals surface area contributed by atoms with Crippen LogP contribution in [-0.4, -0.2) is 27.6 Å². The molecule has 0 amide bonds. The van der Waals surface area contributed by atoms with Crippen molar-refractivity contribution in [3.8, 4) is 0 Å². The summed E-state index contributed by atoms with van der Waals surface area (Å²) in [6, 6.07) is 1.73. The van der Waals surface area contributed by atoms with Crippen molar-refractivity contribution in [1.29, 1.82) is 0 Å². The fourth-order valence-electron chi connectivity index (χ4n) is 1.22. The number of rotatable bonds is 4. The number of anilines is 1. The fourth-order valence-corrected chi connectivity index (χ4v) is 1.22. The molecule has 0 aliphatic rings. The van der Waals surface area contributed by atoms with Crippen LogP contribution in [0.3, 0.4) is 0 Å². The SMILES string of the molecule is O=C(O)CCNc1ccnc2ocnc12. The third-order valence-electron chi connectivity index (χ3n) is 1.89. The van der Waals surface area contributed by atoms with Crippen molar-refractivity contribution in [1.82, 2.24) is 9.97 Å². The minimum atomic E-state index is -0.840. The summed E-state index contributed by atoms with van der Waals surface area (Å²) < 4.78 is 5.01. The number of nitrogens with zero attached hydrogens (tertiary/aromatic N) is 2. The summed E-state index contributed by atoms with van der Waals surface area (Å²) in [5, 5.41) is 11.4. The Morgan fingerprint density at radius 3 is 3.20 bits per heavy atom. The van der Waals surface area contributed by atoms with Gasteiger partial charge in [-0.25, -0.2) is 9.97 Å². The van der Waals surface area contributed by atoms with Crippen LogP contribution in [0.15, 0.2) is 23.1 Å². The Morgan fingerprint density at radius 2 is 2.40 bits per heavy atom. The zero-order valence-electron chi connectivity index (χ0n) is 7.80. The van der Waals surface area contributed by atoms with Crippen molar-refractivity contribution in [2.45, 2.75) is 6.42 Å². The van der Waals surface area contributed by atoms with Gasteiger partial charge >= 0.3 is 5.97 Å². The number of carboxylic acids is 1. The maximum absolute atomic E-state index is 10.3. The smallest absolute Gasteiger partial charge is 0.305 e. The van der Waals surface area contributed by atoms with Crippen LogP contribution in [0.25, 0.3) is 11.2 Å². The third-order valence-corrected chi connectivity index (χ3v) is 1.89. The highest BCUT2D eigenvalue weighted by Crippen LogP contribution is 2.18. The molecule has 2 aromatic heterocycles.